The fraction of sp³-hybridized carbons (Fsp3) is 0.364. The number of carbonyl (C=O) groups is 2. The van der Waals surface area contributed by atoms with Gasteiger partial charge in [0.25, 0.3) is 11.8 Å². The lowest BCUT2D eigenvalue weighted by Crippen LogP contribution is -2.31. The second kappa shape index (κ2) is 9.37. The topological polar surface area (TPSA) is 76.7 Å². The van der Waals surface area contributed by atoms with Crippen LogP contribution in [0.4, 0.5) is 5.69 Å². The Morgan fingerprint density at radius 3 is 2.57 bits per heavy atom. The smallest absolute Gasteiger partial charge is 0.255 e. The zero-order valence-corrected chi connectivity index (χ0v) is 16.2. The van der Waals surface area contributed by atoms with Gasteiger partial charge in [0.05, 0.1) is 12.2 Å². The number of benzene rings is 2. The molecule has 2 amide bonds. The van der Waals surface area contributed by atoms with Gasteiger partial charge in [-0.2, -0.15) is 0 Å². The van der Waals surface area contributed by atoms with Crippen molar-refractivity contribution in [3.05, 3.63) is 59.7 Å². The molecule has 1 heterocycles. The Labute approximate surface area is 165 Å². The highest BCUT2D eigenvalue weighted by Crippen LogP contribution is 2.17. The van der Waals surface area contributed by atoms with Gasteiger partial charge in [-0.05, 0) is 69.2 Å². The van der Waals surface area contributed by atoms with Crippen molar-refractivity contribution in [2.24, 2.45) is 0 Å². The summed E-state index contributed by atoms with van der Waals surface area (Å²) in [6.45, 7) is 5.16. The molecular weight excluding hydrogens is 356 g/mol. The molecule has 0 bridgehead atoms. The van der Waals surface area contributed by atoms with E-state index in [4.69, 9.17) is 9.47 Å². The first-order valence-electron chi connectivity index (χ1n) is 9.59. The number of hydrogen-bond donors (Lipinski definition) is 2. The minimum absolute atomic E-state index is 0.0391. The van der Waals surface area contributed by atoms with E-state index in [9.17, 15) is 9.59 Å². The summed E-state index contributed by atoms with van der Waals surface area (Å²) < 4.78 is 11.1. The average Bonchev–Trinajstić information content (AvgIpc) is 3.20. The number of hydrogen-bond acceptors (Lipinski definition) is 4. The van der Waals surface area contributed by atoms with Crippen molar-refractivity contribution in [1.82, 2.24) is 5.32 Å². The molecule has 1 saturated heterocycles. The largest absolute Gasteiger partial charge is 0.491 e. The molecule has 0 aliphatic carbocycles. The molecule has 3 rings (SSSR count). The lowest BCUT2D eigenvalue weighted by molar-refractivity contribution is 0.0857. The molecule has 2 aromatic rings. The maximum absolute atomic E-state index is 12.5. The summed E-state index contributed by atoms with van der Waals surface area (Å²) in [5.74, 6) is 0.276. The van der Waals surface area contributed by atoms with Crippen LogP contribution in [0.1, 0.15) is 47.4 Å². The molecular formula is C22H26N2O4. The standard InChI is InChI=1S/C22H26N2O4/c1-15(2)28-19-6-3-5-17(13-19)22(26)24-18-10-8-16(9-11-18)21(25)23-14-20-7-4-12-27-20/h3,5-6,8-11,13,15,20H,4,7,12,14H2,1-2H3,(H,23,25)(H,24,26). The molecule has 6 heteroatoms. The summed E-state index contributed by atoms with van der Waals surface area (Å²) in [5, 5.41) is 5.72. The summed E-state index contributed by atoms with van der Waals surface area (Å²) in [6.07, 6.45) is 2.17. The van der Waals surface area contributed by atoms with Crippen molar-refractivity contribution in [1.29, 1.82) is 0 Å². The Kier molecular flexibility index (Phi) is 6.66. The quantitative estimate of drug-likeness (QED) is 0.767. The highest BCUT2D eigenvalue weighted by atomic mass is 16.5. The fourth-order valence-corrected chi connectivity index (χ4v) is 3.00. The van der Waals surface area contributed by atoms with Gasteiger partial charge >= 0.3 is 0 Å². The maximum Gasteiger partial charge on any atom is 0.255 e. The third-order valence-electron chi connectivity index (χ3n) is 4.39. The van der Waals surface area contributed by atoms with Crippen LogP contribution in [0.3, 0.4) is 0 Å². The second-order valence-corrected chi connectivity index (χ2v) is 7.07. The van der Waals surface area contributed by atoms with E-state index >= 15 is 0 Å². The third kappa shape index (κ3) is 5.57. The molecule has 1 atom stereocenters. The highest BCUT2D eigenvalue weighted by molar-refractivity contribution is 6.04. The molecule has 1 unspecified atom stereocenters. The number of anilines is 1. The van der Waals surface area contributed by atoms with Crippen LogP contribution in [-0.4, -0.2) is 37.2 Å². The van der Waals surface area contributed by atoms with Crippen LogP contribution < -0.4 is 15.4 Å². The first-order valence-corrected chi connectivity index (χ1v) is 9.59. The van der Waals surface area contributed by atoms with Crippen LogP contribution in [0, 0.1) is 0 Å². The summed E-state index contributed by atoms with van der Waals surface area (Å²) in [4.78, 5) is 24.7. The molecule has 0 saturated carbocycles. The monoisotopic (exact) mass is 382 g/mol. The normalized spacial score (nSPS) is 16.0. The molecule has 2 N–H and O–H groups in total. The predicted octanol–water partition coefficient (Wildman–Crippen LogP) is 3.63. The van der Waals surface area contributed by atoms with Gasteiger partial charge in [0.15, 0.2) is 0 Å². The predicted molar refractivity (Wildman–Crippen MR) is 108 cm³/mol. The number of carbonyl (C=O) groups excluding carboxylic acids is 2. The number of nitrogens with one attached hydrogen (secondary N) is 2. The van der Waals surface area contributed by atoms with E-state index in [2.05, 4.69) is 10.6 Å². The Hall–Kier alpha value is -2.86. The van der Waals surface area contributed by atoms with Gasteiger partial charge in [-0.1, -0.05) is 6.07 Å². The number of ether oxygens (including phenoxy) is 2. The van der Waals surface area contributed by atoms with Crippen LogP contribution >= 0.6 is 0 Å². The minimum atomic E-state index is -0.232. The summed E-state index contributed by atoms with van der Waals surface area (Å²) in [6, 6.07) is 13.9. The Balaban J connectivity index is 1.56. The first kappa shape index (κ1) is 19.9. The van der Waals surface area contributed by atoms with Crippen molar-refractivity contribution in [2.45, 2.75) is 38.9 Å². The van der Waals surface area contributed by atoms with Crippen molar-refractivity contribution in [3.63, 3.8) is 0 Å². The average molecular weight is 382 g/mol. The lowest BCUT2D eigenvalue weighted by Gasteiger charge is -2.12. The molecule has 1 aliphatic rings. The fourth-order valence-electron chi connectivity index (χ4n) is 3.00. The van der Waals surface area contributed by atoms with Crippen molar-refractivity contribution >= 4 is 17.5 Å². The van der Waals surface area contributed by atoms with E-state index in [0.29, 0.717) is 29.1 Å². The van der Waals surface area contributed by atoms with E-state index in [1.165, 1.54) is 0 Å². The van der Waals surface area contributed by atoms with Gasteiger partial charge in [0, 0.05) is 30.0 Å². The SMILES string of the molecule is CC(C)Oc1cccc(C(=O)Nc2ccc(C(=O)NCC3CCCO3)cc2)c1. The van der Waals surface area contributed by atoms with Gasteiger partial charge in [-0.3, -0.25) is 9.59 Å². The third-order valence-corrected chi connectivity index (χ3v) is 4.39. The van der Waals surface area contributed by atoms with Crippen LogP contribution in [-0.2, 0) is 4.74 Å². The number of amides is 2. The molecule has 0 aromatic heterocycles. The van der Waals surface area contributed by atoms with Crippen LogP contribution in [0.15, 0.2) is 48.5 Å². The van der Waals surface area contributed by atoms with Crippen LogP contribution in [0.5, 0.6) is 5.75 Å². The molecule has 1 aliphatic heterocycles. The Morgan fingerprint density at radius 1 is 1.11 bits per heavy atom. The first-order chi connectivity index (χ1) is 13.5. The zero-order chi connectivity index (χ0) is 19.9. The van der Waals surface area contributed by atoms with E-state index in [-0.39, 0.29) is 24.0 Å². The van der Waals surface area contributed by atoms with E-state index < -0.39 is 0 Å². The highest BCUT2D eigenvalue weighted by Gasteiger charge is 2.16. The van der Waals surface area contributed by atoms with Crippen LogP contribution in [0.25, 0.3) is 0 Å². The van der Waals surface area contributed by atoms with Crippen molar-refractivity contribution < 1.29 is 19.1 Å². The summed E-state index contributed by atoms with van der Waals surface area (Å²) in [7, 11) is 0. The Morgan fingerprint density at radius 2 is 1.89 bits per heavy atom. The van der Waals surface area contributed by atoms with E-state index in [1.807, 2.05) is 19.9 Å². The Bertz CT molecular complexity index is 812. The summed E-state index contributed by atoms with van der Waals surface area (Å²) in [5.41, 5.74) is 1.68. The minimum Gasteiger partial charge on any atom is -0.491 e. The number of rotatable bonds is 7. The van der Waals surface area contributed by atoms with E-state index in [1.54, 1.807) is 42.5 Å². The molecule has 28 heavy (non-hydrogen) atoms. The molecule has 148 valence electrons. The molecule has 1 fully saturated rings. The second-order valence-electron chi connectivity index (χ2n) is 7.07. The van der Waals surface area contributed by atoms with Gasteiger partial charge in [-0.25, -0.2) is 0 Å². The van der Waals surface area contributed by atoms with Gasteiger partial charge in [0.1, 0.15) is 5.75 Å². The van der Waals surface area contributed by atoms with Gasteiger partial charge in [-0.15, -0.1) is 0 Å². The van der Waals surface area contributed by atoms with Crippen molar-refractivity contribution in [3.8, 4) is 5.75 Å². The lowest BCUT2D eigenvalue weighted by atomic mass is 10.1. The maximum atomic E-state index is 12.5. The molecule has 6 nitrogen and oxygen atoms in total. The van der Waals surface area contributed by atoms with E-state index in [0.717, 1.165) is 19.4 Å². The molecule has 0 spiro atoms. The molecule has 0 radical (unpaired) electrons. The van der Waals surface area contributed by atoms with Gasteiger partial charge < -0.3 is 20.1 Å². The summed E-state index contributed by atoms with van der Waals surface area (Å²) >= 11 is 0. The zero-order valence-electron chi connectivity index (χ0n) is 16.2. The van der Waals surface area contributed by atoms with Crippen LogP contribution in [0.2, 0.25) is 0 Å². The van der Waals surface area contributed by atoms with Gasteiger partial charge in [0.2, 0.25) is 0 Å². The molecule has 2 aromatic carbocycles. The van der Waals surface area contributed by atoms with Crippen molar-refractivity contribution in [2.75, 3.05) is 18.5 Å².